The largest absolute Gasteiger partial charge is 0.387 e. The number of carbonyl (C=O) groups is 1. The summed E-state index contributed by atoms with van der Waals surface area (Å²) in [5.74, 6) is -0.310. The molecule has 0 spiro atoms. The number of likely N-dealkylation sites (tertiary alicyclic amines) is 1. The lowest BCUT2D eigenvalue weighted by Crippen LogP contribution is -2.45. The van der Waals surface area contributed by atoms with E-state index in [1.807, 2.05) is 19.0 Å². The Morgan fingerprint density at radius 2 is 2.11 bits per heavy atom. The molecule has 0 radical (unpaired) electrons. The molecule has 0 unspecified atom stereocenters. The van der Waals surface area contributed by atoms with Gasteiger partial charge in [0.15, 0.2) is 0 Å². The summed E-state index contributed by atoms with van der Waals surface area (Å²) >= 11 is 0. The molecule has 0 saturated carbocycles. The first kappa shape index (κ1) is 15.4. The van der Waals surface area contributed by atoms with Crippen molar-refractivity contribution < 1.29 is 18.3 Å². The topological polar surface area (TPSA) is 89.9 Å². The molecular weight excluding hydrogens is 258 g/mol. The van der Waals surface area contributed by atoms with Crippen LogP contribution in [0.2, 0.25) is 0 Å². The number of amides is 1. The molecule has 2 N–H and O–H groups in total. The Labute approximate surface area is 108 Å². The molecule has 0 bridgehead atoms. The Hall–Kier alpha value is -0.700. The van der Waals surface area contributed by atoms with Crippen LogP contribution in [0, 0.1) is 0 Å². The third-order valence-corrected chi connectivity index (χ3v) is 3.45. The summed E-state index contributed by atoms with van der Waals surface area (Å²) in [5.41, 5.74) is -0.899. The molecule has 1 amide bonds. The van der Waals surface area contributed by atoms with E-state index in [0.717, 1.165) is 6.26 Å². The minimum atomic E-state index is -3.36. The maximum atomic E-state index is 11.7. The lowest BCUT2D eigenvalue weighted by Gasteiger charge is -2.26. The number of likely N-dealkylation sites (N-methyl/N-ethyl adjacent to an activating group) is 1. The van der Waals surface area contributed by atoms with E-state index in [0.29, 0.717) is 19.5 Å². The molecule has 1 rings (SSSR count). The molecule has 106 valence electrons. The normalized spacial score (nSPS) is 24.8. The molecule has 0 aromatic rings. The van der Waals surface area contributed by atoms with Crippen LogP contribution in [0.4, 0.5) is 0 Å². The molecule has 1 aliphatic heterocycles. The predicted octanol–water partition coefficient (Wildman–Crippen LogP) is -1.94. The van der Waals surface area contributed by atoms with Gasteiger partial charge in [0.1, 0.15) is 0 Å². The Bertz CT molecular complexity index is 409. The number of hydrogen-bond acceptors (Lipinski definition) is 5. The predicted molar refractivity (Wildman–Crippen MR) is 67.5 cm³/mol. The SMILES string of the molecule is CN(C)C[C@]1(O)CCN(C(=O)CNS(C)(=O)=O)C1. The van der Waals surface area contributed by atoms with Gasteiger partial charge in [-0.15, -0.1) is 0 Å². The monoisotopic (exact) mass is 279 g/mol. The number of nitrogens with one attached hydrogen (secondary N) is 1. The van der Waals surface area contributed by atoms with Crippen molar-refractivity contribution in [2.45, 2.75) is 12.0 Å². The first-order chi connectivity index (χ1) is 8.11. The zero-order valence-corrected chi connectivity index (χ0v) is 11.8. The lowest BCUT2D eigenvalue weighted by molar-refractivity contribution is -0.130. The molecule has 0 aliphatic carbocycles. The molecule has 18 heavy (non-hydrogen) atoms. The highest BCUT2D eigenvalue weighted by Gasteiger charge is 2.38. The van der Waals surface area contributed by atoms with Crippen molar-refractivity contribution >= 4 is 15.9 Å². The van der Waals surface area contributed by atoms with E-state index in [1.165, 1.54) is 4.90 Å². The Balaban J connectivity index is 2.48. The van der Waals surface area contributed by atoms with Gasteiger partial charge in [-0.3, -0.25) is 4.79 Å². The Morgan fingerprint density at radius 1 is 1.50 bits per heavy atom. The van der Waals surface area contributed by atoms with Gasteiger partial charge < -0.3 is 14.9 Å². The fourth-order valence-corrected chi connectivity index (χ4v) is 2.48. The Kier molecular flexibility index (Phi) is 4.71. The van der Waals surface area contributed by atoms with Gasteiger partial charge in [-0.25, -0.2) is 13.1 Å². The molecule has 0 aromatic carbocycles. The zero-order valence-electron chi connectivity index (χ0n) is 11.0. The van der Waals surface area contributed by atoms with Crippen molar-refractivity contribution in [2.75, 3.05) is 46.5 Å². The highest BCUT2D eigenvalue weighted by Crippen LogP contribution is 2.21. The van der Waals surface area contributed by atoms with E-state index in [-0.39, 0.29) is 19.0 Å². The molecular formula is C10H21N3O4S. The molecule has 1 atom stereocenters. The first-order valence-corrected chi connectivity index (χ1v) is 7.60. The molecule has 1 saturated heterocycles. The van der Waals surface area contributed by atoms with Gasteiger partial charge in [0.2, 0.25) is 15.9 Å². The third kappa shape index (κ3) is 4.89. The number of aliphatic hydroxyl groups is 1. The average Bonchev–Trinajstić information content (AvgIpc) is 2.54. The smallest absolute Gasteiger partial charge is 0.237 e. The molecule has 7 nitrogen and oxygen atoms in total. The van der Waals surface area contributed by atoms with E-state index < -0.39 is 15.6 Å². The average molecular weight is 279 g/mol. The minimum Gasteiger partial charge on any atom is -0.387 e. The van der Waals surface area contributed by atoms with Crippen molar-refractivity contribution in [1.82, 2.24) is 14.5 Å². The van der Waals surface area contributed by atoms with Crippen molar-refractivity contribution in [3.8, 4) is 0 Å². The molecule has 0 aromatic heterocycles. The fraction of sp³-hybridized carbons (Fsp3) is 0.900. The van der Waals surface area contributed by atoms with Gasteiger partial charge in [0.25, 0.3) is 0 Å². The number of nitrogens with zero attached hydrogens (tertiary/aromatic N) is 2. The lowest BCUT2D eigenvalue weighted by atomic mass is 10.0. The second-order valence-corrected chi connectivity index (χ2v) is 6.95. The second-order valence-electron chi connectivity index (χ2n) is 5.12. The standard InChI is InChI=1S/C10H21N3O4S/c1-12(2)7-10(15)4-5-13(8-10)9(14)6-11-18(3,16)17/h11,15H,4-8H2,1-3H3/t10-/m1/s1. The molecule has 1 heterocycles. The number of rotatable bonds is 5. The van der Waals surface area contributed by atoms with Gasteiger partial charge in [-0.1, -0.05) is 0 Å². The molecule has 1 fully saturated rings. The van der Waals surface area contributed by atoms with E-state index in [1.54, 1.807) is 0 Å². The minimum absolute atomic E-state index is 0.245. The van der Waals surface area contributed by atoms with Crippen LogP contribution < -0.4 is 4.72 Å². The fourth-order valence-electron chi connectivity index (χ4n) is 2.09. The van der Waals surface area contributed by atoms with Gasteiger partial charge in [0.05, 0.1) is 24.9 Å². The van der Waals surface area contributed by atoms with Gasteiger partial charge in [0, 0.05) is 13.1 Å². The van der Waals surface area contributed by atoms with Crippen LogP contribution in [0.5, 0.6) is 0 Å². The number of hydrogen-bond donors (Lipinski definition) is 2. The zero-order chi connectivity index (χ0) is 14.0. The van der Waals surface area contributed by atoms with E-state index in [2.05, 4.69) is 4.72 Å². The Morgan fingerprint density at radius 3 is 2.61 bits per heavy atom. The summed E-state index contributed by atoms with van der Waals surface area (Å²) in [4.78, 5) is 15.1. The summed E-state index contributed by atoms with van der Waals surface area (Å²) in [6.45, 7) is 0.928. The van der Waals surface area contributed by atoms with Crippen molar-refractivity contribution in [1.29, 1.82) is 0 Å². The third-order valence-electron chi connectivity index (χ3n) is 2.78. The van der Waals surface area contributed by atoms with E-state index >= 15 is 0 Å². The summed E-state index contributed by atoms with van der Waals surface area (Å²) in [6, 6.07) is 0. The van der Waals surface area contributed by atoms with E-state index in [4.69, 9.17) is 0 Å². The highest BCUT2D eigenvalue weighted by atomic mass is 32.2. The van der Waals surface area contributed by atoms with Crippen LogP contribution in [0.15, 0.2) is 0 Å². The van der Waals surface area contributed by atoms with Crippen LogP contribution in [0.1, 0.15) is 6.42 Å². The van der Waals surface area contributed by atoms with Crippen LogP contribution in [-0.4, -0.2) is 81.4 Å². The summed E-state index contributed by atoms with van der Waals surface area (Å²) in [5, 5.41) is 10.2. The van der Waals surface area contributed by atoms with Crippen molar-refractivity contribution in [3.63, 3.8) is 0 Å². The second kappa shape index (κ2) is 5.52. The maximum absolute atomic E-state index is 11.7. The summed E-state index contributed by atoms with van der Waals surface area (Å²) in [6.07, 6.45) is 1.52. The van der Waals surface area contributed by atoms with Crippen LogP contribution in [0.25, 0.3) is 0 Å². The molecule has 1 aliphatic rings. The van der Waals surface area contributed by atoms with Gasteiger partial charge in [-0.05, 0) is 20.5 Å². The van der Waals surface area contributed by atoms with Gasteiger partial charge in [-0.2, -0.15) is 0 Å². The van der Waals surface area contributed by atoms with Crippen molar-refractivity contribution in [2.24, 2.45) is 0 Å². The van der Waals surface area contributed by atoms with Crippen LogP contribution in [0.3, 0.4) is 0 Å². The summed E-state index contributed by atoms with van der Waals surface area (Å²) in [7, 11) is 0.345. The number of β-amino-alcohol motifs (C(OH)–C–C–N with tert-alkyl or cyclic N) is 1. The first-order valence-electron chi connectivity index (χ1n) is 5.71. The maximum Gasteiger partial charge on any atom is 0.237 e. The van der Waals surface area contributed by atoms with E-state index in [9.17, 15) is 18.3 Å². The molecule has 8 heteroatoms. The van der Waals surface area contributed by atoms with Crippen LogP contribution >= 0.6 is 0 Å². The summed E-state index contributed by atoms with van der Waals surface area (Å²) < 4.78 is 23.9. The van der Waals surface area contributed by atoms with Crippen molar-refractivity contribution in [3.05, 3.63) is 0 Å². The van der Waals surface area contributed by atoms with Crippen LogP contribution in [-0.2, 0) is 14.8 Å². The highest BCUT2D eigenvalue weighted by molar-refractivity contribution is 7.88. The number of sulfonamides is 1. The quantitative estimate of drug-likeness (QED) is 0.611. The number of carbonyl (C=O) groups excluding carboxylic acids is 1. The van der Waals surface area contributed by atoms with Gasteiger partial charge >= 0.3 is 0 Å².